The Balaban J connectivity index is 1.68. The molecule has 0 aliphatic carbocycles. The van der Waals surface area contributed by atoms with Crippen LogP contribution in [0.1, 0.15) is 10.4 Å². The van der Waals surface area contributed by atoms with Gasteiger partial charge in [-0.3, -0.25) is 4.79 Å². The Morgan fingerprint density at radius 2 is 1.81 bits per heavy atom. The molecule has 0 unspecified atom stereocenters. The minimum absolute atomic E-state index is 0.00221. The fraction of sp³-hybridized carbons (Fsp3) is 0.278. The molecule has 2 aromatic carbocycles. The molecule has 6 nitrogen and oxygen atoms in total. The van der Waals surface area contributed by atoms with Gasteiger partial charge >= 0.3 is 0 Å². The summed E-state index contributed by atoms with van der Waals surface area (Å²) < 4.78 is 59.7. The molecule has 0 bridgehead atoms. The van der Waals surface area contributed by atoms with Crippen LogP contribution < -0.4 is 4.74 Å². The van der Waals surface area contributed by atoms with Crippen molar-refractivity contribution in [2.24, 2.45) is 0 Å². The fourth-order valence-corrected chi connectivity index (χ4v) is 4.96. The van der Waals surface area contributed by atoms with E-state index >= 15 is 0 Å². The molecule has 0 spiro atoms. The summed E-state index contributed by atoms with van der Waals surface area (Å²) in [5, 5.41) is 0. The molecule has 2 aliphatic heterocycles. The van der Waals surface area contributed by atoms with Crippen LogP contribution in [0, 0.1) is 11.6 Å². The van der Waals surface area contributed by atoms with E-state index in [4.69, 9.17) is 4.74 Å². The smallest absolute Gasteiger partial charge is 0.257 e. The van der Waals surface area contributed by atoms with E-state index in [-0.39, 0.29) is 35.2 Å². The largest absolute Gasteiger partial charge is 0.486 e. The standard InChI is InChI=1S/C18H16F2N2O4S/c1-21-15-9-22(27(24,25)13-4-2-3-11(19)7-13)10-17(15)26-16-8-12(20)5-6-14(16)18(21)23/h2-8,15,17H,9-10H2,1H3/t15-,17+/m1/s1. The normalized spacial score (nSPS) is 22.8. The van der Waals surface area contributed by atoms with E-state index in [2.05, 4.69) is 0 Å². The molecule has 2 aromatic rings. The highest BCUT2D eigenvalue weighted by molar-refractivity contribution is 7.89. The Hall–Kier alpha value is -2.52. The Bertz CT molecular complexity index is 1030. The lowest BCUT2D eigenvalue weighted by Gasteiger charge is -2.25. The first-order chi connectivity index (χ1) is 12.8. The maximum atomic E-state index is 13.6. The molecular formula is C18H16F2N2O4S. The quantitative estimate of drug-likeness (QED) is 0.780. The summed E-state index contributed by atoms with van der Waals surface area (Å²) in [6.07, 6.45) is -0.662. The first kappa shape index (κ1) is 17.9. The molecule has 0 N–H and O–H groups in total. The molecule has 2 atom stereocenters. The number of fused-ring (bicyclic) bond motifs is 2. The van der Waals surface area contributed by atoms with Crippen molar-refractivity contribution < 1.29 is 26.7 Å². The number of carbonyl (C=O) groups is 1. The van der Waals surface area contributed by atoms with Gasteiger partial charge in [-0.05, 0) is 30.3 Å². The Labute approximate surface area is 155 Å². The van der Waals surface area contributed by atoms with Crippen LogP contribution in [-0.4, -0.2) is 55.8 Å². The average Bonchev–Trinajstić information content (AvgIpc) is 3.02. The van der Waals surface area contributed by atoms with Gasteiger partial charge in [-0.25, -0.2) is 17.2 Å². The molecule has 2 aliphatic rings. The number of amides is 1. The van der Waals surface area contributed by atoms with E-state index in [1.165, 1.54) is 29.2 Å². The minimum Gasteiger partial charge on any atom is -0.486 e. The second-order valence-corrected chi connectivity index (χ2v) is 8.50. The van der Waals surface area contributed by atoms with Crippen molar-refractivity contribution in [3.8, 4) is 5.75 Å². The second kappa shape index (κ2) is 6.28. The number of ether oxygens (including phenoxy) is 1. The minimum atomic E-state index is -3.96. The lowest BCUT2D eigenvalue weighted by molar-refractivity contribution is 0.0683. The van der Waals surface area contributed by atoms with Crippen LogP contribution in [0.5, 0.6) is 5.75 Å². The lowest BCUT2D eigenvalue weighted by Crippen LogP contribution is -2.44. The number of rotatable bonds is 2. The van der Waals surface area contributed by atoms with Gasteiger partial charge in [0.1, 0.15) is 23.5 Å². The van der Waals surface area contributed by atoms with Crippen LogP contribution in [0.15, 0.2) is 47.4 Å². The van der Waals surface area contributed by atoms with E-state index in [1.54, 1.807) is 7.05 Å². The fourth-order valence-electron chi connectivity index (χ4n) is 3.46. The van der Waals surface area contributed by atoms with Crippen molar-refractivity contribution in [1.29, 1.82) is 0 Å². The van der Waals surface area contributed by atoms with Gasteiger partial charge < -0.3 is 9.64 Å². The van der Waals surface area contributed by atoms with Gasteiger partial charge in [-0.2, -0.15) is 4.31 Å². The van der Waals surface area contributed by atoms with E-state index in [0.717, 1.165) is 22.5 Å². The van der Waals surface area contributed by atoms with E-state index in [9.17, 15) is 22.0 Å². The first-order valence-corrected chi connectivity index (χ1v) is 9.70. The van der Waals surface area contributed by atoms with Crippen molar-refractivity contribution in [3.63, 3.8) is 0 Å². The van der Waals surface area contributed by atoms with Gasteiger partial charge in [0.15, 0.2) is 0 Å². The predicted molar refractivity (Wildman–Crippen MR) is 91.9 cm³/mol. The number of sulfonamides is 1. The maximum absolute atomic E-state index is 13.6. The van der Waals surface area contributed by atoms with Crippen LogP contribution in [0.3, 0.4) is 0 Å². The number of carbonyl (C=O) groups excluding carboxylic acids is 1. The van der Waals surface area contributed by atoms with Crippen LogP contribution in [0.25, 0.3) is 0 Å². The van der Waals surface area contributed by atoms with Crippen LogP contribution in [0.2, 0.25) is 0 Å². The van der Waals surface area contributed by atoms with Gasteiger partial charge in [0.25, 0.3) is 5.91 Å². The summed E-state index contributed by atoms with van der Waals surface area (Å²) in [6, 6.07) is 7.84. The van der Waals surface area contributed by atoms with Gasteiger partial charge in [0.05, 0.1) is 23.0 Å². The summed E-state index contributed by atoms with van der Waals surface area (Å²) in [7, 11) is -2.40. The number of benzene rings is 2. The third-order valence-electron chi connectivity index (χ3n) is 4.91. The number of nitrogens with zero attached hydrogens (tertiary/aromatic N) is 2. The molecule has 9 heteroatoms. The molecule has 27 heavy (non-hydrogen) atoms. The highest BCUT2D eigenvalue weighted by Crippen LogP contribution is 2.33. The molecule has 142 valence electrons. The predicted octanol–water partition coefficient (Wildman–Crippen LogP) is 1.87. The molecule has 0 radical (unpaired) electrons. The first-order valence-electron chi connectivity index (χ1n) is 8.26. The summed E-state index contributed by atoms with van der Waals surface area (Å²) in [4.78, 5) is 13.9. The third kappa shape index (κ3) is 2.96. The van der Waals surface area contributed by atoms with Crippen molar-refractivity contribution in [2.75, 3.05) is 20.1 Å². The molecule has 4 rings (SSSR count). The summed E-state index contributed by atoms with van der Waals surface area (Å²) in [5.74, 6) is -1.49. The van der Waals surface area contributed by atoms with Crippen molar-refractivity contribution in [1.82, 2.24) is 9.21 Å². The van der Waals surface area contributed by atoms with Gasteiger partial charge in [-0.15, -0.1) is 0 Å². The zero-order chi connectivity index (χ0) is 19.3. The van der Waals surface area contributed by atoms with Gasteiger partial charge in [0.2, 0.25) is 10.0 Å². The number of likely N-dealkylation sites (N-methyl/N-ethyl adjacent to an activating group) is 1. The monoisotopic (exact) mass is 394 g/mol. The third-order valence-corrected chi connectivity index (χ3v) is 6.74. The van der Waals surface area contributed by atoms with Crippen LogP contribution in [0.4, 0.5) is 8.78 Å². The van der Waals surface area contributed by atoms with Crippen molar-refractivity contribution in [2.45, 2.75) is 17.0 Å². The molecule has 0 aromatic heterocycles. The number of hydrogen-bond acceptors (Lipinski definition) is 4. The van der Waals surface area contributed by atoms with Crippen molar-refractivity contribution >= 4 is 15.9 Å². The van der Waals surface area contributed by atoms with Crippen molar-refractivity contribution in [3.05, 3.63) is 59.7 Å². The zero-order valence-electron chi connectivity index (χ0n) is 14.3. The topological polar surface area (TPSA) is 66.9 Å². The van der Waals surface area contributed by atoms with Gasteiger partial charge in [-0.1, -0.05) is 6.07 Å². The molecule has 1 saturated heterocycles. The molecule has 2 heterocycles. The molecule has 1 amide bonds. The van der Waals surface area contributed by atoms with Crippen LogP contribution >= 0.6 is 0 Å². The Morgan fingerprint density at radius 3 is 2.56 bits per heavy atom. The lowest BCUT2D eigenvalue weighted by atomic mass is 10.1. The zero-order valence-corrected chi connectivity index (χ0v) is 15.1. The number of halogens is 2. The van der Waals surface area contributed by atoms with Crippen LogP contribution in [-0.2, 0) is 10.0 Å². The molecule has 0 saturated carbocycles. The summed E-state index contributed by atoms with van der Waals surface area (Å²) >= 11 is 0. The molecule has 1 fully saturated rings. The highest BCUT2D eigenvalue weighted by Gasteiger charge is 2.46. The Morgan fingerprint density at radius 1 is 1.07 bits per heavy atom. The summed E-state index contributed by atoms with van der Waals surface area (Å²) in [6.45, 7) is -0.0285. The molecular weight excluding hydrogens is 378 g/mol. The van der Waals surface area contributed by atoms with Gasteiger partial charge in [0, 0.05) is 19.7 Å². The SMILES string of the molecule is CN1C(=O)c2ccc(F)cc2O[C@H]2CN(S(=O)(=O)c3cccc(F)c3)C[C@H]21. The van der Waals surface area contributed by atoms with E-state index in [0.29, 0.717) is 0 Å². The van der Waals surface area contributed by atoms with E-state index in [1.807, 2.05) is 0 Å². The maximum Gasteiger partial charge on any atom is 0.257 e. The Kier molecular flexibility index (Phi) is 4.15. The van der Waals surface area contributed by atoms with E-state index < -0.39 is 33.8 Å². The number of hydrogen-bond donors (Lipinski definition) is 0. The average molecular weight is 394 g/mol. The second-order valence-electron chi connectivity index (χ2n) is 6.56. The highest BCUT2D eigenvalue weighted by atomic mass is 32.2. The summed E-state index contributed by atoms with van der Waals surface area (Å²) in [5.41, 5.74) is 0.229.